The van der Waals surface area contributed by atoms with E-state index in [0.29, 0.717) is 10.6 Å². The van der Waals surface area contributed by atoms with Gasteiger partial charge in [-0.05, 0) is 50.2 Å². The molecule has 0 radical (unpaired) electrons. The maximum atomic E-state index is 12.9. The van der Waals surface area contributed by atoms with Crippen molar-refractivity contribution in [1.82, 2.24) is 9.66 Å². The molecule has 3 aromatic carbocycles. The minimum Gasteiger partial charge on any atom is -0.461 e. The maximum absolute atomic E-state index is 12.9. The van der Waals surface area contributed by atoms with Crippen LogP contribution in [-0.4, -0.2) is 34.2 Å². The maximum Gasteiger partial charge on any atom is 0.276 e. The second-order valence-corrected chi connectivity index (χ2v) is 12.4. The lowest BCUT2D eigenvalue weighted by Gasteiger charge is -2.13. The van der Waals surface area contributed by atoms with Crippen LogP contribution in [0.4, 0.5) is 0 Å². The van der Waals surface area contributed by atoms with E-state index in [1.165, 1.54) is 42.5 Å². The van der Waals surface area contributed by atoms with Gasteiger partial charge in [-0.1, -0.05) is 64.7 Å². The minimum absolute atomic E-state index is 0.0546. The molecule has 1 aliphatic heterocycles. The number of nitrogens with zero attached hydrogens (tertiary/aromatic N) is 2. The molecule has 198 valence electrons. The lowest BCUT2D eigenvalue weighted by molar-refractivity contribution is 0.274. The number of hydrazone groups is 2. The molecule has 1 saturated heterocycles. The van der Waals surface area contributed by atoms with Crippen LogP contribution in [0, 0.1) is 19.3 Å². The summed E-state index contributed by atoms with van der Waals surface area (Å²) in [5, 5.41) is 16.6. The summed E-state index contributed by atoms with van der Waals surface area (Å²) in [6, 6.07) is 16.6. The van der Waals surface area contributed by atoms with Gasteiger partial charge in [-0.25, -0.2) is 0 Å². The molecule has 38 heavy (non-hydrogen) atoms. The number of aryl methyl sites for hydroxylation is 2. The Hall–Kier alpha value is -3.45. The first-order valence-electron chi connectivity index (χ1n) is 10.9. The van der Waals surface area contributed by atoms with E-state index in [1.807, 2.05) is 13.8 Å². The van der Waals surface area contributed by atoms with Crippen molar-refractivity contribution in [1.29, 1.82) is 5.41 Å². The molecule has 0 saturated carbocycles. The predicted molar refractivity (Wildman–Crippen MR) is 146 cm³/mol. The van der Waals surface area contributed by atoms with Crippen LogP contribution in [0.25, 0.3) is 0 Å². The van der Waals surface area contributed by atoms with Crippen LogP contribution in [-0.2, 0) is 24.8 Å². The standard InChI is InChI=1S/C24H21Cl2N5O5S2/c1-14-3-8-17(9-4-14)37(32,33)30-28-21-22(29-31-38(34,35)18-10-5-15(2)6-11-18)24(27)36-23(21)19-12-7-16(25)13-20(19)26/h3-13,23,27,30-31H,1-2H3/b27-24?,28-21?,29-22+/t23-/m1/s1. The molecule has 1 aliphatic rings. The van der Waals surface area contributed by atoms with E-state index in [9.17, 15) is 16.8 Å². The predicted octanol–water partition coefficient (Wildman–Crippen LogP) is 4.33. The molecule has 3 N–H and O–H groups in total. The number of halogens is 2. The van der Waals surface area contributed by atoms with Crippen LogP contribution in [0.5, 0.6) is 0 Å². The first kappa shape index (κ1) is 27.6. The summed E-state index contributed by atoms with van der Waals surface area (Å²) in [7, 11) is -8.25. The van der Waals surface area contributed by atoms with E-state index >= 15 is 0 Å². The molecule has 3 aromatic rings. The number of benzene rings is 3. The molecule has 1 heterocycles. The zero-order chi connectivity index (χ0) is 27.7. The topological polar surface area (TPSA) is 150 Å². The first-order valence-corrected chi connectivity index (χ1v) is 14.6. The van der Waals surface area contributed by atoms with Crippen molar-refractivity contribution in [2.45, 2.75) is 29.7 Å². The van der Waals surface area contributed by atoms with Crippen molar-refractivity contribution in [3.05, 3.63) is 93.5 Å². The Morgan fingerprint density at radius 2 is 1.29 bits per heavy atom. The molecule has 0 unspecified atom stereocenters. The number of hydrogen-bond acceptors (Lipinski definition) is 8. The SMILES string of the molecule is Cc1ccc(S(=O)(=O)NN=C2/C(=N\NS(=O)(=O)c3ccc(C)cc3)C(=N)O[C@@H]2c2ccc(Cl)cc2Cl)cc1. The summed E-state index contributed by atoms with van der Waals surface area (Å²) in [4.78, 5) is 4.05. The van der Waals surface area contributed by atoms with Crippen LogP contribution in [0.2, 0.25) is 10.0 Å². The zero-order valence-corrected chi connectivity index (χ0v) is 23.1. The number of ether oxygens (including phenoxy) is 1. The highest BCUT2D eigenvalue weighted by atomic mass is 35.5. The quantitative estimate of drug-likeness (QED) is 0.348. The Kier molecular flexibility index (Phi) is 7.79. The summed E-state index contributed by atoms with van der Waals surface area (Å²) in [6.45, 7) is 3.62. The molecule has 10 nitrogen and oxygen atoms in total. The highest BCUT2D eigenvalue weighted by Gasteiger charge is 2.39. The van der Waals surface area contributed by atoms with Gasteiger partial charge in [0.15, 0.2) is 11.8 Å². The molecule has 1 fully saturated rings. The second-order valence-electron chi connectivity index (χ2n) is 8.27. The molecule has 0 amide bonds. The Bertz CT molecular complexity index is 1670. The highest BCUT2D eigenvalue weighted by Crippen LogP contribution is 2.33. The summed E-state index contributed by atoms with van der Waals surface area (Å²) < 4.78 is 56.9. The van der Waals surface area contributed by atoms with Crippen molar-refractivity contribution in [2.75, 3.05) is 0 Å². The third-order valence-electron chi connectivity index (χ3n) is 5.41. The third kappa shape index (κ3) is 5.99. The zero-order valence-electron chi connectivity index (χ0n) is 19.9. The van der Waals surface area contributed by atoms with Crippen LogP contribution >= 0.6 is 23.2 Å². The molecule has 0 aliphatic carbocycles. The fourth-order valence-electron chi connectivity index (χ4n) is 3.37. The average molecular weight is 595 g/mol. The Morgan fingerprint density at radius 1 is 0.789 bits per heavy atom. The fraction of sp³-hybridized carbons (Fsp3) is 0.125. The third-order valence-corrected chi connectivity index (χ3v) is 8.42. The molecule has 1 atom stereocenters. The van der Waals surface area contributed by atoms with E-state index in [2.05, 4.69) is 19.9 Å². The molecular formula is C24H21Cl2N5O5S2. The molecule has 0 spiro atoms. The van der Waals surface area contributed by atoms with Gasteiger partial charge in [-0.2, -0.15) is 36.7 Å². The number of hydrogen-bond donors (Lipinski definition) is 3. The largest absolute Gasteiger partial charge is 0.461 e. The van der Waals surface area contributed by atoms with Crippen molar-refractivity contribution in [3.63, 3.8) is 0 Å². The Balaban J connectivity index is 1.75. The summed E-state index contributed by atoms with van der Waals surface area (Å²) >= 11 is 12.3. The monoisotopic (exact) mass is 593 g/mol. The lowest BCUT2D eigenvalue weighted by Crippen LogP contribution is -2.28. The van der Waals surface area contributed by atoms with Crippen molar-refractivity contribution >= 4 is 60.6 Å². The van der Waals surface area contributed by atoms with Crippen LogP contribution in [0.15, 0.2) is 86.7 Å². The Morgan fingerprint density at radius 3 is 1.79 bits per heavy atom. The van der Waals surface area contributed by atoms with E-state index < -0.39 is 32.0 Å². The lowest BCUT2D eigenvalue weighted by atomic mass is 10.0. The molecule has 0 bridgehead atoms. The van der Waals surface area contributed by atoms with Crippen LogP contribution in [0.3, 0.4) is 0 Å². The summed E-state index contributed by atoms with van der Waals surface area (Å²) in [6.07, 6.45) is -1.18. The van der Waals surface area contributed by atoms with E-state index in [1.54, 1.807) is 24.3 Å². The van der Waals surface area contributed by atoms with E-state index in [4.69, 9.17) is 33.3 Å². The van der Waals surface area contributed by atoms with Gasteiger partial charge in [-0.3, -0.25) is 5.41 Å². The van der Waals surface area contributed by atoms with Gasteiger partial charge in [0, 0.05) is 15.6 Å². The molecule has 14 heteroatoms. The van der Waals surface area contributed by atoms with Gasteiger partial charge in [0.05, 0.1) is 9.79 Å². The van der Waals surface area contributed by atoms with Gasteiger partial charge in [0.2, 0.25) is 5.90 Å². The molecule has 4 rings (SSSR count). The van der Waals surface area contributed by atoms with Gasteiger partial charge >= 0.3 is 0 Å². The van der Waals surface area contributed by atoms with Gasteiger partial charge in [0.25, 0.3) is 20.0 Å². The number of nitrogens with one attached hydrogen (secondary N) is 3. The minimum atomic E-state index is -4.13. The fourth-order valence-corrected chi connectivity index (χ4v) is 5.51. The van der Waals surface area contributed by atoms with Gasteiger partial charge in [0.1, 0.15) is 5.71 Å². The smallest absolute Gasteiger partial charge is 0.276 e. The van der Waals surface area contributed by atoms with Crippen LogP contribution in [0.1, 0.15) is 22.8 Å². The van der Waals surface area contributed by atoms with Gasteiger partial charge < -0.3 is 4.74 Å². The summed E-state index contributed by atoms with van der Waals surface area (Å²) in [5.41, 5.74) is 1.49. The first-order chi connectivity index (χ1) is 17.9. The van der Waals surface area contributed by atoms with Gasteiger partial charge in [-0.15, -0.1) is 0 Å². The molecule has 0 aromatic heterocycles. The van der Waals surface area contributed by atoms with Crippen molar-refractivity contribution < 1.29 is 21.6 Å². The normalized spacial score (nSPS) is 18.0. The van der Waals surface area contributed by atoms with Crippen LogP contribution < -0.4 is 9.66 Å². The van der Waals surface area contributed by atoms with E-state index in [-0.39, 0.29) is 26.2 Å². The van der Waals surface area contributed by atoms with Crippen molar-refractivity contribution in [3.8, 4) is 0 Å². The Labute approximate surface area is 229 Å². The van der Waals surface area contributed by atoms with Crippen molar-refractivity contribution in [2.24, 2.45) is 10.2 Å². The molecular weight excluding hydrogens is 573 g/mol. The second kappa shape index (κ2) is 10.7. The number of sulfonamides is 2. The highest BCUT2D eigenvalue weighted by molar-refractivity contribution is 7.89. The summed E-state index contributed by atoms with van der Waals surface area (Å²) in [5.74, 6) is -0.555. The number of rotatable bonds is 7. The van der Waals surface area contributed by atoms with E-state index in [0.717, 1.165) is 11.1 Å². The average Bonchev–Trinajstić information content (AvgIpc) is 3.17.